The zero-order valence-corrected chi connectivity index (χ0v) is 16.5. The molecule has 2 N–H and O–H groups in total. The first-order valence-electron chi connectivity index (χ1n) is 9.20. The summed E-state index contributed by atoms with van der Waals surface area (Å²) in [6.07, 6.45) is 1.19. The molecule has 3 rings (SSSR count). The number of hydrogen-bond acceptors (Lipinski definition) is 5. The van der Waals surface area contributed by atoms with Crippen LogP contribution < -0.4 is 5.48 Å². The fourth-order valence-electron chi connectivity index (χ4n) is 4.22. The summed E-state index contributed by atoms with van der Waals surface area (Å²) in [5.74, 6) is -1.09. The maximum atomic E-state index is 13.3. The van der Waals surface area contributed by atoms with Gasteiger partial charge in [0.05, 0.1) is 16.9 Å². The average Bonchev–Trinajstić information content (AvgIpc) is 2.93. The smallest absolute Gasteiger partial charge is 0.266 e. The molecule has 27 heavy (non-hydrogen) atoms. The maximum Gasteiger partial charge on any atom is 0.266 e. The number of hydroxylamine groups is 1. The van der Waals surface area contributed by atoms with Gasteiger partial charge >= 0.3 is 0 Å². The zero-order valence-electron chi connectivity index (χ0n) is 15.6. The van der Waals surface area contributed by atoms with Gasteiger partial charge in [-0.3, -0.25) is 14.8 Å². The minimum atomic E-state index is -3.09. The molecule has 1 aromatic rings. The van der Waals surface area contributed by atoms with Crippen molar-refractivity contribution in [3.8, 4) is 0 Å². The Kier molecular flexibility index (Phi) is 5.31. The molecule has 1 aromatic carbocycles. The zero-order chi connectivity index (χ0) is 19.8. The van der Waals surface area contributed by atoms with Crippen molar-refractivity contribution in [2.45, 2.75) is 44.6 Å². The fourth-order valence-corrected chi connectivity index (χ4v) is 5.75. The molecule has 2 unspecified atom stereocenters. The molecule has 2 heterocycles. The first-order chi connectivity index (χ1) is 12.7. The second kappa shape index (κ2) is 7.24. The summed E-state index contributed by atoms with van der Waals surface area (Å²) in [7, 11) is -3.09. The van der Waals surface area contributed by atoms with E-state index in [0.717, 1.165) is 11.1 Å². The van der Waals surface area contributed by atoms with Gasteiger partial charge in [-0.25, -0.2) is 13.9 Å². The van der Waals surface area contributed by atoms with Crippen LogP contribution in [-0.4, -0.2) is 54.4 Å². The number of rotatable bonds is 4. The number of amides is 2. The Hall–Kier alpha value is -1.93. The van der Waals surface area contributed by atoms with Crippen molar-refractivity contribution >= 4 is 21.7 Å². The minimum Gasteiger partial charge on any atom is -0.329 e. The van der Waals surface area contributed by atoms with Crippen LogP contribution in [0.5, 0.6) is 0 Å². The summed E-state index contributed by atoms with van der Waals surface area (Å²) in [5, 5.41) is 9.21. The van der Waals surface area contributed by atoms with E-state index in [9.17, 15) is 23.2 Å². The molecular formula is C19H26N2O5S. The van der Waals surface area contributed by atoms with Gasteiger partial charge in [0.25, 0.3) is 5.91 Å². The lowest BCUT2D eigenvalue weighted by atomic mass is 9.80. The third-order valence-electron chi connectivity index (χ3n) is 6.03. The number of hydrogen-bond donors (Lipinski definition) is 2. The molecule has 7 nitrogen and oxygen atoms in total. The van der Waals surface area contributed by atoms with Crippen molar-refractivity contribution in [2.75, 3.05) is 18.1 Å². The van der Waals surface area contributed by atoms with Crippen molar-refractivity contribution in [3.05, 3.63) is 35.4 Å². The second-order valence-electron chi connectivity index (χ2n) is 7.86. The van der Waals surface area contributed by atoms with Crippen LogP contribution in [-0.2, 0) is 24.8 Å². The van der Waals surface area contributed by atoms with Gasteiger partial charge in [-0.15, -0.1) is 0 Å². The highest BCUT2D eigenvalue weighted by Gasteiger charge is 2.50. The number of aryl methyl sites for hydroxylation is 1. The van der Waals surface area contributed by atoms with Crippen molar-refractivity contribution in [2.24, 2.45) is 5.92 Å². The molecule has 2 fully saturated rings. The lowest BCUT2D eigenvalue weighted by molar-refractivity contribution is -0.146. The van der Waals surface area contributed by atoms with E-state index in [-0.39, 0.29) is 23.3 Å². The van der Waals surface area contributed by atoms with E-state index in [1.54, 1.807) is 5.48 Å². The highest BCUT2D eigenvalue weighted by molar-refractivity contribution is 7.91. The van der Waals surface area contributed by atoms with Crippen LogP contribution in [0.25, 0.3) is 0 Å². The van der Waals surface area contributed by atoms with Gasteiger partial charge < -0.3 is 4.90 Å². The van der Waals surface area contributed by atoms with Gasteiger partial charge in [0.1, 0.15) is 15.9 Å². The molecule has 2 atom stereocenters. The van der Waals surface area contributed by atoms with E-state index < -0.39 is 27.2 Å². The Balaban J connectivity index is 1.87. The Morgan fingerprint density at radius 1 is 1.26 bits per heavy atom. The van der Waals surface area contributed by atoms with Gasteiger partial charge in [0, 0.05) is 6.54 Å². The molecule has 0 aliphatic carbocycles. The Morgan fingerprint density at radius 2 is 1.85 bits per heavy atom. The number of likely N-dealkylation sites (tertiary alicyclic amines) is 1. The number of benzene rings is 1. The molecule has 0 spiro atoms. The molecule has 148 valence electrons. The van der Waals surface area contributed by atoms with Crippen LogP contribution in [0.15, 0.2) is 24.3 Å². The van der Waals surface area contributed by atoms with Crippen LogP contribution in [0, 0.1) is 12.8 Å². The summed E-state index contributed by atoms with van der Waals surface area (Å²) < 4.78 is 23.5. The van der Waals surface area contributed by atoms with Gasteiger partial charge in [0.15, 0.2) is 0 Å². The first kappa shape index (κ1) is 19.8. The third kappa shape index (κ3) is 3.73. The summed E-state index contributed by atoms with van der Waals surface area (Å²) in [6.45, 7) is 4.25. The largest absolute Gasteiger partial charge is 0.329 e. The highest BCUT2D eigenvalue weighted by Crippen LogP contribution is 2.39. The Bertz CT molecular complexity index is 822. The highest BCUT2D eigenvalue weighted by atomic mass is 32.2. The average molecular weight is 394 g/mol. The van der Waals surface area contributed by atoms with E-state index in [0.29, 0.717) is 25.8 Å². The van der Waals surface area contributed by atoms with Crippen LogP contribution >= 0.6 is 0 Å². The number of nitrogens with zero attached hydrogens (tertiary/aromatic N) is 1. The monoisotopic (exact) mass is 394 g/mol. The van der Waals surface area contributed by atoms with Crippen LogP contribution in [0.4, 0.5) is 0 Å². The SMILES string of the molecule is Cc1ccc(C2(C)CCN(C(C(=O)NO)C3CCS(=O)(=O)CC3)C2=O)cc1. The quantitative estimate of drug-likeness (QED) is 0.590. The fraction of sp³-hybridized carbons (Fsp3) is 0.579. The molecular weight excluding hydrogens is 368 g/mol. The number of carbonyl (C=O) groups excluding carboxylic acids is 2. The predicted molar refractivity (Wildman–Crippen MR) is 100.0 cm³/mol. The molecule has 0 bridgehead atoms. The molecule has 2 saturated heterocycles. The van der Waals surface area contributed by atoms with E-state index in [1.165, 1.54) is 4.90 Å². The van der Waals surface area contributed by atoms with Crippen LogP contribution in [0.2, 0.25) is 0 Å². The van der Waals surface area contributed by atoms with E-state index >= 15 is 0 Å². The normalized spacial score (nSPS) is 26.8. The first-order valence-corrected chi connectivity index (χ1v) is 11.0. The predicted octanol–water partition coefficient (Wildman–Crippen LogP) is 1.18. The molecule has 0 radical (unpaired) electrons. The van der Waals surface area contributed by atoms with Gasteiger partial charge in [0.2, 0.25) is 5.91 Å². The Morgan fingerprint density at radius 3 is 2.41 bits per heavy atom. The third-order valence-corrected chi connectivity index (χ3v) is 7.75. The number of sulfone groups is 1. The van der Waals surface area contributed by atoms with Crippen molar-refractivity contribution in [3.63, 3.8) is 0 Å². The van der Waals surface area contributed by atoms with Crippen LogP contribution in [0.1, 0.15) is 37.3 Å². The summed E-state index contributed by atoms with van der Waals surface area (Å²) in [4.78, 5) is 27.2. The van der Waals surface area contributed by atoms with Gasteiger partial charge in [-0.05, 0) is 44.6 Å². The maximum absolute atomic E-state index is 13.3. The summed E-state index contributed by atoms with van der Waals surface area (Å²) in [5.41, 5.74) is 2.94. The number of nitrogens with one attached hydrogen (secondary N) is 1. The van der Waals surface area contributed by atoms with Crippen molar-refractivity contribution in [1.29, 1.82) is 0 Å². The standard InChI is InChI=1S/C19H26N2O5S/c1-13-3-5-15(6-4-13)19(2)9-10-21(18(19)23)16(17(22)20-24)14-7-11-27(25,26)12-8-14/h3-6,14,16,24H,7-12H2,1-2H3,(H,20,22). The minimum absolute atomic E-state index is 0.00410. The Labute approximate surface area is 159 Å². The van der Waals surface area contributed by atoms with Crippen molar-refractivity contribution < 1.29 is 23.2 Å². The van der Waals surface area contributed by atoms with Gasteiger partial charge in [-0.1, -0.05) is 29.8 Å². The molecule has 8 heteroatoms. The lowest BCUT2D eigenvalue weighted by Gasteiger charge is -2.36. The van der Waals surface area contributed by atoms with E-state index in [1.807, 2.05) is 38.1 Å². The molecule has 0 saturated carbocycles. The lowest BCUT2D eigenvalue weighted by Crippen LogP contribution is -2.54. The molecule has 2 aliphatic rings. The summed E-state index contributed by atoms with van der Waals surface area (Å²) in [6, 6.07) is 6.93. The van der Waals surface area contributed by atoms with Gasteiger partial charge in [-0.2, -0.15) is 0 Å². The van der Waals surface area contributed by atoms with Crippen molar-refractivity contribution in [1.82, 2.24) is 10.4 Å². The molecule has 0 aromatic heterocycles. The van der Waals surface area contributed by atoms with Crippen LogP contribution in [0.3, 0.4) is 0 Å². The number of carbonyl (C=O) groups is 2. The second-order valence-corrected chi connectivity index (χ2v) is 10.2. The molecule has 2 amide bonds. The van der Waals surface area contributed by atoms with E-state index in [2.05, 4.69) is 0 Å². The summed E-state index contributed by atoms with van der Waals surface area (Å²) >= 11 is 0. The topological polar surface area (TPSA) is 104 Å². The molecule has 2 aliphatic heterocycles. The van der Waals surface area contributed by atoms with E-state index in [4.69, 9.17) is 0 Å².